The van der Waals surface area contributed by atoms with E-state index in [2.05, 4.69) is 23.4 Å². The molecule has 0 saturated heterocycles. The van der Waals surface area contributed by atoms with E-state index in [0.717, 1.165) is 24.4 Å². The van der Waals surface area contributed by atoms with Crippen LogP contribution in [0.5, 0.6) is 5.75 Å². The number of rotatable bonds is 6. The van der Waals surface area contributed by atoms with Crippen LogP contribution in [0.4, 0.5) is 5.69 Å². The topological polar surface area (TPSA) is 53.1 Å². The third-order valence-electron chi connectivity index (χ3n) is 2.90. The van der Waals surface area contributed by atoms with Gasteiger partial charge in [-0.3, -0.25) is 0 Å². The average molecular weight is 259 g/mol. The maximum Gasteiger partial charge on any atom is 0.119 e. The summed E-state index contributed by atoms with van der Waals surface area (Å²) in [4.78, 5) is 4.20. The number of nitrogens with zero attached hydrogens (tertiary/aromatic N) is 2. The first-order chi connectivity index (χ1) is 9.15. The van der Waals surface area contributed by atoms with Crippen molar-refractivity contribution >= 4 is 5.69 Å². The van der Waals surface area contributed by atoms with E-state index in [9.17, 15) is 0 Å². The van der Waals surface area contributed by atoms with Gasteiger partial charge in [-0.15, -0.1) is 0 Å². The van der Waals surface area contributed by atoms with Crippen LogP contribution in [0, 0.1) is 5.92 Å². The van der Waals surface area contributed by atoms with Gasteiger partial charge < -0.3 is 15.0 Å². The fourth-order valence-corrected chi connectivity index (χ4v) is 1.96. The van der Waals surface area contributed by atoms with Crippen LogP contribution in [0.3, 0.4) is 0 Å². The first kappa shape index (κ1) is 13.5. The summed E-state index contributed by atoms with van der Waals surface area (Å²) >= 11 is 0. The van der Waals surface area contributed by atoms with Gasteiger partial charge in [-0.25, -0.2) is 4.98 Å². The molecule has 19 heavy (non-hydrogen) atoms. The average Bonchev–Trinajstić information content (AvgIpc) is 2.78. The standard InChI is InChI=1S/C15H21N3O/c1-12(2)9-14-10-17-11-18(14)7-8-19-15-5-3-13(16)4-6-15/h3-6,10-12H,7-9,16H2,1-2H3. The van der Waals surface area contributed by atoms with Crippen molar-refractivity contribution in [3.63, 3.8) is 0 Å². The molecule has 0 radical (unpaired) electrons. The molecule has 0 saturated carbocycles. The molecular weight excluding hydrogens is 238 g/mol. The van der Waals surface area contributed by atoms with Crippen molar-refractivity contribution in [1.82, 2.24) is 9.55 Å². The molecule has 2 N–H and O–H groups in total. The zero-order valence-electron chi connectivity index (χ0n) is 11.5. The number of nitrogen functional groups attached to an aromatic ring is 1. The largest absolute Gasteiger partial charge is 0.492 e. The van der Waals surface area contributed by atoms with Gasteiger partial charge in [0.05, 0.1) is 12.9 Å². The zero-order valence-corrected chi connectivity index (χ0v) is 11.5. The van der Waals surface area contributed by atoms with Crippen molar-refractivity contribution in [2.45, 2.75) is 26.8 Å². The number of aromatic nitrogens is 2. The van der Waals surface area contributed by atoms with Gasteiger partial charge in [-0.05, 0) is 36.6 Å². The maximum absolute atomic E-state index is 5.69. The Labute approximate surface area is 114 Å². The van der Waals surface area contributed by atoms with Crippen LogP contribution in [0.15, 0.2) is 36.8 Å². The summed E-state index contributed by atoms with van der Waals surface area (Å²) in [6.07, 6.45) is 4.84. The van der Waals surface area contributed by atoms with Crippen molar-refractivity contribution in [2.24, 2.45) is 5.92 Å². The summed E-state index contributed by atoms with van der Waals surface area (Å²) in [6, 6.07) is 7.46. The number of anilines is 1. The minimum Gasteiger partial charge on any atom is -0.492 e. The quantitative estimate of drug-likeness (QED) is 0.812. The lowest BCUT2D eigenvalue weighted by Crippen LogP contribution is -2.11. The summed E-state index contributed by atoms with van der Waals surface area (Å²) in [6.45, 7) is 5.86. The Morgan fingerprint density at radius 2 is 2.00 bits per heavy atom. The normalized spacial score (nSPS) is 10.9. The highest BCUT2D eigenvalue weighted by Crippen LogP contribution is 2.13. The SMILES string of the molecule is CC(C)Cc1cncn1CCOc1ccc(N)cc1. The van der Waals surface area contributed by atoms with E-state index in [1.54, 1.807) is 0 Å². The van der Waals surface area contributed by atoms with Crippen molar-refractivity contribution in [2.75, 3.05) is 12.3 Å². The molecule has 0 amide bonds. The summed E-state index contributed by atoms with van der Waals surface area (Å²) in [5.41, 5.74) is 7.64. The number of nitrogens with two attached hydrogens (primary N) is 1. The molecule has 0 fully saturated rings. The molecule has 1 aromatic heterocycles. The first-order valence-electron chi connectivity index (χ1n) is 6.62. The second-order valence-electron chi connectivity index (χ2n) is 5.09. The molecule has 0 aliphatic carbocycles. The number of hydrogen-bond acceptors (Lipinski definition) is 3. The highest BCUT2D eigenvalue weighted by Gasteiger charge is 2.04. The van der Waals surface area contributed by atoms with Gasteiger partial charge >= 0.3 is 0 Å². The lowest BCUT2D eigenvalue weighted by atomic mass is 10.1. The molecule has 0 bridgehead atoms. The van der Waals surface area contributed by atoms with Gasteiger partial charge in [-0.2, -0.15) is 0 Å². The van der Waals surface area contributed by atoms with Gasteiger partial charge in [-0.1, -0.05) is 13.8 Å². The Morgan fingerprint density at radius 3 is 2.68 bits per heavy atom. The van der Waals surface area contributed by atoms with E-state index in [-0.39, 0.29) is 0 Å². The van der Waals surface area contributed by atoms with Crippen LogP contribution in [-0.4, -0.2) is 16.2 Å². The van der Waals surface area contributed by atoms with E-state index in [1.807, 2.05) is 36.8 Å². The minimum atomic E-state index is 0.630. The molecule has 4 heteroatoms. The third-order valence-corrected chi connectivity index (χ3v) is 2.90. The lowest BCUT2D eigenvalue weighted by molar-refractivity contribution is 0.296. The van der Waals surface area contributed by atoms with Crippen LogP contribution in [0.25, 0.3) is 0 Å². The summed E-state index contributed by atoms with van der Waals surface area (Å²) < 4.78 is 7.84. The second-order valence-corrected chi connectivity index (χ2v) is 5.09. The van der Waals surface area contributed by atoms with Gasteiger partial charge in [0.15, 0.2) is 0 Å². The molecule has 2 aromatic rings. The van der Waals surface area contributed by atoms with Gasteiger partial charge in [0.25, 0.3) is 0 Å². The smallest absolute Gasteiger partial charge is 0.119 e. The fourth-order valence-electron chi connectivity index (χ4n) is 1.96. The molecule has 102 valence electrons. The van der Waals surface area contributed by atoms with E-state index in [0.29, 0.717) is 12.5 Å². The number of benzene rings is 1. The lowest BCUT2D eigenvalue weighted by Gasteiger charge is -2.11. The summed E-state index contributed by atoms with van der Waals surface area (Å²) in [7, 11) is 0. The van der Waals surface area contributed by atoms with E-state index in [4.69, 9.17) is 10.5 Å². The highest BCUT2D eigenvalue weighted by atomic mass is 16.5. The predicted molar refractivity (Wildman–Crippen MR) is 77.1 cm³/mol. The monoisotopic (exact) mass is 259 g/mol. The highest BCUT2D eigenvalue weighted by molar-refractivity contribution is 5.41. The first-order valence-corrected chi connectivity index (χ1v) is 6.62. The Bertz CT molecular complexity index is 502. The molecule has 0 atom stereocenters. The van der Waals surface area contributed by atoms with Gasteiger partial charge in [0.1, 0.15) is 12.4 Å². The molecule has 4 nitrogen and oxygen atoms in total. The Hall–Kier alpha value is -1.97. The second kappa shape index (κ2) is 6.27. The predicted octanol–water partition coefficient (Wildman–Crippen LogP) is 2.74. The number of imidazole rings is 1. The van der Waals surface area contributed by atoms with Crippen LogP contribution in [-0.2, 0) is 13.0 Å². The molecule has 1 aromatic carbocycles. The Kier molecular flexibility index (Phi) is 4.44. The van der Waals surface area contributed by atoms with E-state index < -0.39 is 0 Å². The van der Waals surface area contributed by atoms with Crippen molar-refractivity contribution in [3.8, 4) is 5.75 Å². The van der Waals surface area contributed by atoms with Crippen molar-refractivity contribution in [1.29, 1.82) is 0 Å². The number of ether oxygens (including phenoxy) is 1. The fraction of sp³-hybridized carbons (Fsp3) is 0.400. The molecule has 0 aliphatic heterocycles. The van der Waals surface area contributed by atoms with Crippen LogP contribution in [0.2, 0.25) is 0 Å². The summed E-state index contributed by atoms with van der Waals surface area (Å²) in [5.74, 6) is 1.48. The minimum absolute atomic E-state index is 0.630. The van der Waals surface area contributed by atoms with Crippen molar-refractivity contribution < 1.29 is 4.74 Å². The molecule has 0 unspecified atom stereocenters. The van der Waals surface area contributed by atoms with E-state index in [1.165, 1.54) is 5.69 Å². The maximum atomic E-state index is 5.69. The van der Waals surface area contributed by atoms with Gasteiger partial charge in [0.2, 0.25) is 0 Å². The van der Waals surface area contributed by atoms with Gasteiger partial charge in [0, 0.05) is 17.6 Å². The zero-order chi connectivity index (χ0) is 13.7. The van der Waals surface area contributed by atoms with E-state index >= 15 is 0 Å². The molecule has 1 heterocycles. The molecule has 0 spiro atoms. The van der Waals surface area contributed by atoms with Crippen molar-refractivity contribution in [3.05, 3.63) is 42.5 Å². The molecular formula is C15H21N3O. The van der Waals surface area contributed by atoms with Crippen LogP contribution >= 0.6 is 0 Å². The number of hydrogen-bond donors (Lipinski definition) is 1. The van der Waals surface area contributed by atoms with Crippen LogP contribution < -0.4 is 10.5 Å². The Morgan fingerprint density at radius 1 is 1.26 bits per heavy atom. The Balaban J connectivity index is 1.85. The molecule has 2 rings (SSSR count). The van der Waals surface area contributed by atoms with Crippen LogP contribution in [0.1, 0.15) is 19.5 Å². The third kappa shape index (κ3) is 4.02. The summed E-state index contributed by atoms with van der Waals surface area (Å²) in [5, 5.41) is 0. The molecule has 0 aliphatic rings.